The van der Waals surface area contributed by atoms with Gasteiger partial charge in [-0.25, -0.2) is 5.10 Å². The molecule has 1 heterocycles. The van der Waals surface area contributed by atoms with E-state index in [1.54, 1.807) is 0 Å². The molecule has 1 aromatic heterocycles. The molecule has 0 unspecified atom stereocenters. The van der Waals surface area contributed by atoms with Gasteiger partial charge in [-0.15, -0.1) is 5.10 Å². The molecule has 0 aliphatic rings. The van der Waals surface area contributed by atoms with Gasteiger partial charge >= 0.3 is 0 Å². The fourth-order valence-electron chi connectivity index (χ4n) is 2.13. The van der Waals surface area contributed by atoms with Crippen molar-refractivity contribution >= 4 is 0 Å². The highest BCUT2D eigenvalue weighted by Crippen LogP contribution is 2.26. The molecule has 20 heavy (non-hydrogen) atoms. The summed E-state index contributed by atoms with van der Waals surface area (Å²) in [5, 5.41) is 13.9. The number of unbranched alkanes of at least 4 members (excludes halogenated alkanes) is 5. The first-order valence-corrected chi connectivity index (χ1v) is 7.37. The summed E-state index contributed by atoms with van der Waals surface area (Å²) in [7, 11) is 0. The van der Waals surface area contributed by atoms with Crippen LogP contribution in [0.2, 0.25) is 0 Å². The molecular weight excluding hydrogens is 252 g/mol. The third-order valence-electron chi connectivity index (χ3n) is 3.24. The first kappa shape index (κ1) is 14.5. The minimum atomic E-state index is 0.642. The highest BCUT2D eigenvalue weighted by atomic mass is 16.5. The van der Waals surface area contributed by atoms with Gasteiger partial charge in [-0.2, -0.15) is 0 Å². The molecule has 5 heteroatoms. The molecule has 1 N–H and O–H groups in total. The van der Waals surface area contributed by atoms with Crippen molar-refractivity contribution in [2.75, 3.05) is 6.61 Å². The average molecular weight is 274 g/mol. The zero-order chi connectivity index (χ0) is 14.0. The second kappa shape index (κ2) is 8.30. The van der Waals surface area contributed by atoms with E-state index < -0.39 is 0 Å². The van der Waals surface area contributed by atoms with Crippen LogP contribution in [0.3, 0.4) is 0 Å². The minimum absolute atomic E-state index is 0.642. The number of hydrogen-bond donors (Lipinski definition) is 1. The Balaban J connectivity index is 1.79. The molecule has 0 bridgehead atoms. The number of hydrogen-bond acceptors (Lipinski definition) is 4. The van der Waals surface area contributed by atoms with Crippen LogP contribution in [0.1, 0.15) is 45.4 Å². The topological polar surface area (TPSA) is 63.7 Å². The number of H-pyrrole nitrogens is 1. The smallest absolute Gasteiger partial charge is 0.183 e. The lowest BCUT2D eigenvalue weighted by Crippen LogP contribution is -1.99. The highest BCUT2D eigenvalue weighted by Gasteiger charge is 2.08. The van der Waals surface area contributed by atoms with E-state index in [1.807, 2.05) is 24.3 Å². The van der Waals surface area contributed by atoms with E-state index in [2.05, 4.69) is 27.5 Å². The van der Waals surface area contributed by atoms with E-state index in [0.29, 0.717) is 5.82 Å². The van der Waals surface area contributed by atoms with Crippen LogP contribution in [-0.2, 0) is 0 Å². The summed E-state index contributed by atoms with van der Waals surface area (Å²) in [4.78, 5) is 0. The monoisotopic (exact) mass is 274 g/mol. The van der Waals surface area contributed by atoms with Gasteiger partial charge in [0.1, 0.15) is 5.75 Å². The molecule has 0 amide bonds. The number of nitrogens with zero attached hydrogens (tertiary/aromatic N) is 3. The molecule has 0 atom stereocenters. The largest absolute Gasteiger partial charge is 0.493 e. The van der Waals surface area contributed by atoms with Crippen molar-refractivity contribution in [2.24, 2.45) is 0 Å². The zero-order valence-electron chi connectivity index (χ0n) is 12.0. The molecule has 0 radical (unpaired) electrons. The molecule has 0 fully saturated rings. The highest BCUT2D eigenvalue weighted by molar-refractivity contribution is 5.63. The van der Waals surface area contributed by atoms with Gasteiger partial charge in [0, 0.05) is 0 Å². The molecule has 1 aromatic carbocycles. The number of rotatable bonds is 9. The van der Waals surface area contributed by atoms with Crippen molar-refractivity contribution in [3.63, 3.8) is 0 Å². The normalized spacial score (nSPS) is 10.7. The van der Waals surface area contributed by atoms with E-state index in [9.17, 15) is 0 Å². The van der Waals surface area contributed by atoms with Gasteiger partial charge in [-0.3, -0.25) is 0 Å². The summed E-state index contributed by atoms with van der Waals surface area (Å²) in [5.41, 5.74) is 0.906. The van der Waals surface area contributed by atoms with E-state index in [-0.39, 0.29) is 0 Å². The molecular formula is C15H22N4O. The number of nitrogens with one attached hydrogen (secondary N) is 1. The maximum Gasteiger partial charge on any atom is 0.183 e. The van der Waals surface area contributed by atoms with Gasteiger partial charge in [0.15, 0.2) is 5.82 Å². The minimum Gasteiger partial charge on any atom is -0.493 e. The van der Waals surface area contributed by atoms with Crippen LogP contribution < -0.4 is 4.74 Å². The predicted octanol–water partition coefficient (Wildman–Crippen LogP) is 3.61. The Hall–Kier alpha value is -1.91. The third kappa shape index (κ3) is 4.33. The first-order chi connectivity index (χ1) is 9.92. The van der Waals surface area contributed by atoms with Crippen molar-refractivity contribution in [2.45, 2.75) is 45.4 Å². The van der Waals surface area contributed by atoms with E-state index in [0.717, 1.165) is 24.3 Å². The summed E-state index contributed by atoms with van der Waals surface area (Å²) < 4.78 is 5.85. The van der Waals surface area contributed by atoms with Crippen LogP contribution in [0.25, 0.3) is 11.4 Å². The lowest BCUT2D eigenvalue weighted by molar-refractivity contribution is 0.305. The molecule has 0 saturated heterocycles. The van der Waals surface area contributed by atoms with E-state index in [1.165, 1.54) is 32.1 Å². The van der Waals surface area contributed by atoms with Gasteiger partial charge in [0.05, 0.1) is 12.2 Å². The molecule has 0 aliphatic carbocycles. The van der Waals surface area contributed by atoms with E-state index >= 15 is 0 Å². The van der Waals surface area contributed by atoms with Gasteiger partial charge in [0.25, 0.3) is 0 Å². The Morgan fingerprint density at radius 2 is 1.85 bits per heavy atom. The Morgan fingerprint density at radius 1 is 1.05 bits per heavy atom. The second-order valence-electron chi connectivity index (χ2n) is 4.86. The molecule has 0 saturated carbocycles. The number of ether oxygens (including phenoxy) is 1. The summed E-state index contributed by atoms with van der Waals surface area (Å²) in [6.45, 7) is 2.98. The SMILES string of the molecule is CCCCCCCCOc1ccccc1-c1nnn[nH]1. The number of para-hydroxylation sites is 1. The van der Waals surface area contributed by atoms with Crippen LogP contribution in [-0.4, -0.2) is 27.2 Å². The average Bonchev–Trinajstić information content (AvgIpc) is 3.01. The van der Waals surface area contributed by atoms with Crippen molar-refractivity contribution in [1.82, 2.24) is 20.6 Å². The fraction of sp³-hybridized carbons (Fsp3) is 0.533. The van der Waals surface area contributed by atoms with Crippen molar-refractivity contribution in [1.29, 1.82) is 0 Å². The van der Waals surface area contributed by atoms with E-state index in [4.69, 9.17) is 4.74 Å². The summed E-state index contributed by atoms with van der Waals surface area (Å²) >= 11 is 0. The number of aromatic nitrogens is 4. The predicted molar refractivity (Wildman–Crippen MR) is 78.5 cm³/mol. The molecule has 5 nitrogen and oxygen atoms in total. The number of aromatic amines is 1. The Bertz CT molecular complexity index is 484. The summed E-state index contributed by atoms with van der Waals surface area (Å²) in [6, 6.07) is 7.83. The lowest BCUT2D eigenvalue weighted by Gasteiger charge is -2.09. The molecule has 0 aliphatic heterocycles. The molecule has 2 rings (SSSR count). The van der Waals surface area contributed by atoms with Crippen LogP contribution in [0.5, 0.6) is 5.75 Å². The van der Waals surface area contributed by atoms with Crippen LogP contribution in [0.4, 0.5) is 0 Å². The maximum atomic E-state index is 5.85. The van der Waals surface area contributed by atoms with Gasteiger partial charge < -0.3 is 4.74 Å². The second-order valence-corrected chi connectivity index (χ2v) is 4.86. The molecule has 0 spiro atoms. The summed E-state index contributed by atoms with van der Waals surface area (Å²) in [5.74, 6) is 1.48. The van der Waals surface area contributed by atoms with Crippen LogP contribution >= 0.6 is 0 Å². The first-order valence-electron chi connectivity index (χ1n) is 7.37. The Morgan fingerprint density at radius 3 is 2.65 bits per heavy atom. The van der Waals surface area contributed by atoms with Gasteiger partial charge in [-0.1, -0.05) is 51.2 Å². The zero-order valence-corrected chi connectivity index (χ0v) is 12.0. The number of tetrazole rings is 1. The lowest BCUT2D eigenvalue weighted by atomic mass is 10.1. The van der Waals surface area contributed by atoms with Crippen LogP contribution in [0, 0.1) is 0 Å². The Kier molecular flexibility index (Phi) is 6.02. The van der Waals surface area contributed by atoms with Crippen molar-refractivity contribution in [3.05, 3.63) is 24.3 Å². The van der Waals surface area contributed by atoms with Crippen LogP contribution in [0.15, 0.2) is 24.3 Å². The molecule has 108 valence electrons. The van der Waals surface area contributed by atoms with Crippen molar-refractivity contribution in [3.8, 4) is 17.1 Å². The third-order valence-corrected chi connectivity index (χ3v) is 3.24. The standard InChI is InChI=1S/C15H22N4O/c1-2-3-4-5-6-9-12-20-14-11-8-7-10-13(14)15-16-18-19-17-15/h7-8,10-11H,2-6,9,12H2,1H3,(H,16,17,18,19). The fourth-order valence-corrected chi connectivity index (χ4v) is 2.13. The number of benzene rings is 1. The maximum absolute atomic E-state index is 5.85. The Labute approximate surface area is 119 Å². The summed E-state index contributed by atoms with van der Waals surface area (Å²) in [6.07, 6.45) is 7.57. The molecule has 2 aromatic rings. The quantitative estimate of drug-likeness (QED) is 0.709. The van der Waals surface area contributed by atoms with Gasteiger partial charge in [-0.05, 0) is 29.0 Å². The van der Waals surface area contributed by atoms with Crippen molar-refractivity contribution < 1.29 is 4.74 Å². The van der Waals surface area contributed by atoms with Gasteiger partial charge in [0.2, 0.25) is 0 Å².